The van der Waals surface area contributed by atoms with E-state index in [0.29, 0.717) is 40.4 Å². The first-order chi connectivity index (χ1) is 20.5. The number of hydrogen-bond acceptors (Lipinski definition) is 6. The van der Waals surface area contributed by atoms with Crippen LogP contribution in [0.4, 0.5) is 5.69 Å². The van der Waals surface area contributed by atoms with Crippen molar-refractivity contribution in [2.75, 3.05) is 18.6 Å². The van der Waals surface area contributed by atoms with Gasteiger partial charge in [0.25, 0.3) is 0 Å². The first-order valence-electron chi connectivity index (χ1n) is 14.2. The Hall–Kier alpha value is -4.97. The maximum Gasteiger partial charge on any atom is 0.185 e. The monoisotopic (exact) mass is 555 g/mol. The lowest BCUT2D eigenvalue weighted by Gasteiger charge is -2.37. The van der Waals surface area contributed by atoms with Gasteiger partial charge in [-0.1, -0.05) is 72.8 Å². The first-order valence-corrected chi connectivity index (χ1v) is 14.2. The molecule has 2 aliphatic heterocycles. The molecule has 0 bridgehead atoms. The van der Waals surface area contributed by atoms with Crippen molar-refractivity contribution in [3.8, 4) is 11.5 Å². The highest BCUT2D eigenvalue weighted by Crippen LogP contribution is 2.62. The molecule has 3 unspecified atom stereocenters. The molecule has 1 saturated heterocycles. The molecule has 1 fully saturated rings. The summed E-state index contributed by atoms with van der Waals surface area (Å²) >= 11 is 0. The Morgan fingerprint density at radius 3 is 2.17 bits per heavy atom. The molecule has 0 amide bonds. The number of methoxy groups -OCH3 is 1. The van der Waals surface area contributed by atoms with E-state index in [0.717, 1.165) is 11.3 Å². The van der Waals surface area contributed by atoms with Gasteiger partial charge in [-0.25, -0.2) is 0 Å². The maximum absolute atomic E-state index is 14.8. The lowest BCUT2D eigenvalue weighted by molar-refractivity contribution is 0.0664. The molecule has 4 aromatic rings. The van der Waals surface area contributed by atoms with E-state index in [2.05, 4.69) is 0 Å². The summed E-state index contributed by atoms with van der Waals surface area (Å²) in [6.45, 7) is 2.29. The molecule has 1 aliphatic carbocycles. The lowest BCUT2D eigenvalue weighted by atomic mass is 9.64. The first kappa shape index (κ1) is 26.0. The van der Waals surface area contributed by atoms with Crippen LogP contribution in [0.15, 0.2) is 103 Å². The van der Waals surface area contributed by atoms with Crippen LogP contribution in [0.25, 0.3) is 6.08 Å². The van der Waals surface area contributed by atoms with E-state index in [4.69, 9.17) is 9.47 Å². The number of Topliss-reactive ketones (excluding diaryl/α,β-unsaturated/α-hetero) is 3. The van der Waals surface area contributed by atoms with Crippen LogP contribution >= 0.6 is 0 Å². The number of carbonyl (C=O) groups excluding carboxylic acids is 3. The zero-order chi connectivity index (χ0) is 29.0. The molecular formula is C36H29NO5. The fourth-order valence-electron chi connectivity index (χ4n) is 7.21. The summed E-state index contributed by atoms with van der Waals surface area (Å²) in [6, 6.07) is 27.7. The number of carbonyl (C=O) groups is 3. The molecule has 0 radical (unpaired) electrons. The van der Waals surface area contributed by atoms with E-state index in [-0.39, 0.29) is 17.3 Å². The summed E-state index contributed by atoms with van der Waals surface area (Å²) < 4.78 is 11.4. The fourth-order valence-corrected chi connectivity index (χ4v) is 7.21. The van der Waals surface area contributed by atoms with Gasteiger partial charge in [0.05, 0.1) is 19.8 Å². The summed E-state index contributed by atoms with van der Waals surface area (Å²) in [4.78, 5) is 46.4. The molecule has 42 heavy (non-hydrogen) atoms. The third-order valence-electron chi connectivity index (χ3n) is 8.91. The van der Waals surface area contributed by atoms with Gasteiger partial charge in [0.15, 0.2) is 17.3 Å². The number of para-hydroxylation sites is 2. The molecule has 0 saturated carbocycles. The topological polar surface area (TPSA) is 72.9 Å². The summed E-state index contributed by atoms with van der Waals surface area (Å²) in [5.74, 6) is -0.341. The zero-order valence-electron chi connectivity index (χ0n) is 23.3. The number of anilines is 1. The van der Waals surface area contributed by atoms with Crippen molar-refractivity contribution in [2.45, 2.75) is 24.9 Å². The Bertz CT molecular complexity index is 1740. The van der Waals surface area contributed by atoms with E-state index >= 15 is 0 Å². The van der Waals surface area contributed by atoms with Gasteiger partial charge in [-0.3, -0.25) is 14.4 Å². The molecule has 208 valence electrons. The lowest BCUT2D eigenvalue weighted by Crippen LogP contribution is -2.48. The largest absolute Gasteiger partial charge is 0.497 e. The van der Waals surface area contributed by atoms with Crippen LogP contribution in [-0.2, 0) is 0 Å². The van der Waals surface area contributed by atoms with Crippen molar-refractivity contribution >= 4 is 29.1 Å². The third kappa shape index (κ3) is 3.48. The highest BCUT2D eigenvalue weighted by Gasteiger charge is 2.71. The van der Waals surface area contributed by atoms with Crippen molar-refractivity contribution in [2.24, 2.45) is 5.41 Å². The molecule has 6 heteroatoms. The van der Waals surface area contributed by atoms with E-state index in [1.165, 1.54) is 0 Å². The van der Waals surface area contributed by atoms with Crippen LogP contribution in [0.3, 0.4) is 0 Å². The minimum absolute atomic E-state index is 0.183. The minimum atomic E-state index is -1.58. The van der Waals surface area contributed by atoms with Crippen molar-refractivity contribution in [3.63, 3.8) is 0 Å². The average Bonchev–Trinajstić information content (AvgIpc) is 3.47. The van der Waals surface area contributed by atoms with Crippen molar-refractivity contribution in [1.29, 1.82) is 0 Å². The van der Waals surface area contributed by atoms with E-state index < -0.39 is 23.4 Å². The van der Waals surface area contributed by atoms with Crippen LogP contribution in [0.2, 0.25) is 0 Å². The molecule has 3 atom stereocenters. The second kappa shape index (κ2) is 9.84. The smallest absolute Gasteiger partial charge is 0.185 e. The molecule has 1 spiro atoms. The number of fused-ring (bicyclic) bond motifs is 5. The van der Waals surface area contributed by atoms with Gasteiger partial charge in [0, 0.05) is 33.9 Å². The van der Waals surface area contributed by atoms with Gasteiger partial charge < -0.3 is 14.4 Å². The fraction of sp³-hybridized carbons (Fsp3) is 0.194. The van der Waals surface area contributed by atoms with Gasteiger partial charge in [0.2, 0.25) is 0 Å². The van der Waals surface area contributed by atoms with Crippen LogP contribution in [-0.4, -0.2) is 43.2 Å². The quantitative estimate of drug-likeness (QED) is 0.202. The molecule has 3 aliphatic rings. The molecule has 6 nitrogen and oxygen atoms in total. The van der Waals surface area contributed by atoms with E-state index in [1.54, 1.807) is 55.6 Å². The van der Waals surface area contributed by atoms with Crippen molar-refractivity contribution < 1.29 is 23.9 Å². The second-order valence-corrected chi connectivity index (χ2v) is 10.8. The van der Waals surface area contributed by atoms with Gasteiger partial charge >= 0.3 is 0 Å². The van der Waals surface area contributed by atoms with Gasteiger partial charge in [-0.15, -0.1) is 0 Å². The van der Waals surface area contributed by atoms with Gasteiger partial charge in [-0.05, 0) is 48.9 Å². The number of ether oxygens (including phenoxy) is 2. The van der Waals surface area contributed by atoms with Crippen molar-refractivity contribution in [1.82, 2.24) is 0 Å². The molecule has 0 N–H and O–H groups in total. The highest BCUT2D eigenvalue weighted by molar-refractivity contribution is 6.32. The van der Waals surface area contributed by atoms with E-state index in [1.807, 2.05) is 72.5 Å². The van der Waals surface area contributed by atoms with Crippen LogP contribution in [0.5, 0.6) is 11.5 Å². The molecule has 7 rings (SSSR count). The highest BCUT2D eigenvalue weighted by atomic mass is 16.5. The number of nitrogens with zero attached hydrogens (tertiary/aromatic N) is 1. The van der Waals surface area contributed by atoms with Crippen molar-refractivity contribution in [3.05, 3.63) is 131 Å². The SMILES string of the molecule is CCOc1ccccc1C1C(C(=O)c2ccc(OC)cc2)N2c3ccccc3C=CC2C12C(=O)c1ccccc1C2=O. The van der Waals surface area contributed by atoms with E-state index in [9.17, 15) is 14.4 Å². The Labute approximate surface area is 244 Å². The standard InChI is InChI=1S/C36H29NO5/c1-3-42-29-15-9-7-13-27(29)31-32(33(38)23-16-19-24(41-2)20-17-23)37-28-14-8-4-10-22(28)18-21-30(37)36(31)34(39)25-11-5-6-12-26(25)35(36)40/h4-21,30-32H,3H2,1-2H3. The molecule has 0 aromatic heterocycles. The maximum atomic E-state index is 14.8. The number of benzene rings is 4. The Morgan fingerprint density at radius 1 is 0.833 bits per heavy atom. The normalized spacial score (nSPS) is 21.2. The van der Waals surface area contributed by atoms with Crippen LogP contribution in [0.1, 0.15) is 55.0 Å². The Balaban J connectivity index is 1.54. The molecule has 4 aromatic carbocycles. The predicted octanol–water partition coefficient (Wildman–Crippen LogP) is 6.41. The van der Waals surface area contributed by atoms with Gasteiger partial charge in [0.1, 0.15) is 23.0 Å². The number of hydrogen-bond donors (Lipinski definition) is 0. The number of rotatable bonds is 6. The Kier molecular flexibility index (Phi) is 6.08. The Morgan fingerprint density at radius 2 is 1.48 bits per heavy atom. The predicted molar refractivity (Wildman–Crippen MR) is 161 cm³/mol. The third-order valence-corrected chi connectivity index (χ3v) is 8.91. The summed E-state index contributed by atoms with van der Waals surface area (Å²) in [7, 11) is 1.58. The summed E-state index contributed by atoms with van der Waals surface area (Å²) in [6.07, 6.45) is 3.90. The minimum Gasteiger partial charge on any atom is -0.497 e. The number of ketones is 3. The zero-order valence-corrected chi connectivity index (χ0v) is 23.3. The van der Waals surface area contributed by atoms with Crippen LogP contribution in [0, 0.1) is 5.41 Å². The molecule has 2 heterocycles. The summed E-state index contributed by atoms with van der Waals surface area (Å²) in [5.41, 5.74) is 2.08. The van der Waals surface area contributed by atoms with Crippen LogP contribution < -0.4 is 14.4 Å². The summed E-state index contributed by atoms with van der Waals surface area (Å²) in [5, 5.41) is 0. The van der Waals surface area contributed by atoms with Gasteiger partial charge in [-0.2, -0.15) is 0 Å². The second-order valence-electron chi connectivity index (χ2n) is 10.8. The molecular weight excluding hydrogens is 526 g/mol. The average molecular weight is 556 g/mol.